The van der Waals surface area contributed by atoms with Gasteiger partial charge in [-0.05, 0) is 18.2 Å². The van der Waals surface area contributed by atoms with Crippen LogP contribution in [0.25, 0.3) is 21.9 Å². The van der Waals surface area contributed by atoms with Crippen molar-refractivity contribution in [3.63, 3.8) is 0 Å². The van der Waals surface area contributed by atoms with Gasteiger partial charge in [-0.1, -0.05) is 18.2 Å². The van der Waals surface area contributed by atoms with Gasteiger partial charge in [-0.15, -0.1) is 0 Å². The summed E-state index contributed by atoms with van der Waals surface area (Å²) in [6.07, 6.45) is 0. The Kier molecular flexibility index (Phi) is 1.62. The van der Waals surface area contributed by atoms with Crippen LogP contribution in [0.2, 0.25) is 0 Å². The van der Waals surface area contributed by atoms with Gasteiger partial charge in [0.2, 0.25) is 0 Å². The summed E-state index contributed by atoms with van der Waals surface area (Å²) in [6.45, 7) is 0. The van der Waals surface area contributed by atoms with Gasteiger partial charge in [0.05, 0.1) is 5.39 Å². The quantitative estimate of drug-likeness (QED) is 0.339. The highest BCUT2D eigenvalue weighted by Crippen LogP contribution is 2.26. The number of nitrogen functional groups attached to an aromatic ring is 1. The summed E-state index contributed by atoms with van der Waals surface area (Å²) in [5.41, 5.74) is 8.35. The van der Waals surface area contributed by atoms with Crippen LogP contribution in [0.5, 0.6) is 0 Å². The number of benzene rings is 2. The summed E-state index contributed by atoms with van der Waals surface area (Å²) in [6, 6.07) is 15.7. The number of anilines is 1. The molecular weight excluding hydrogens is 186 g/mol. The van der Waals surface area contributed by atoms with Gasteiger partial charge in [-0.3, -0.25) is 0 Å². The molecule has 72 valence electrons. The summed E-state index contributed by atoms with van der Waals surface area (Å²) in [4.78, 5) is 0. The largest absolute Gasteiger partial charge is 0.398 e. The third-order valence-electron chi connectivity index (χ3n) is 2.54. The van der Waals surface area contributed by atoms with Gasteiger partial charge in [0, 0.05) is 17.8 Å². The molecule has 0 atom stereocenters. The third kappa shape index (κ3) is 1.22. The minimum absolute atomic E-state index is 0.752. The lowest BCUT2D eigenvalue weighted by Gasteiger charge is -1.94. The Morgan fingerprint density at radius 1 is 0.867 bits per heavy atom. The summed E-state index contributed by atoms with van der Waals surface area (Å²) < 4.78 is 5.75. The second kappa shape index (κ2) is 2.95. The van der Waals surface area contributed by atoms with Crippen LogP contribution in [-0.4, -0.2) is 0 Å². The summed E-state index contributed by atoms with van der Waals surface area (Å²) in [5.74, 6) is 0. The first-order valence-electron chi connectivity index (χ1n) is 4.85. The first-order valence-corrected chi connectivity index (χ1v) is 4.85. The van der Waals surface area contributed by atoms with Crippen molar-refractivity contribution in [2.24, 2.45) is 0 Å². The molecule has 3 aromatic rings. The molecule has 0 spiro atoms. The maximum Gasteiger partial charge on any atom is 0.362 e. The number of hydrogen-bond acceptors (Lipinski definition) is 1. The van der Waals surface area contributed by atoms with Gasteiger partial charge in [-0.25, -0.2) is 4.42 Å². The Hall–Kier alpha value is -2.09. The van der Waals surface area contributed by atoms with E-state index in [1.165, 1.54) is 0 Å². The van der Waals surface area contributed by atoms with Crippen molar-refractivity contribution in [2.75, 3.05) is 5.73 Å². The Labute approximate surface area is 86.9 Å². The predicted octanol–water partition coefficient (Wildman–Crippen LogP) is 3.45. The molecule has 1 aromatic heterocycles. The third-order valence-corrected chi connectivity index (χ3v) is 2.54. The van der Waals surface area contributed by atoms with E-state index in [9.17, 15) is 0 Å². The molecule has 0 aliphatic heterocycles. The topological polar surface area (TPSA) is 37.3 Å². The van der Waals surface area contributed by atoms with Gasteiger partial charge >= 0.3 is 11.2 Å². The zero-order valence-electron chi connectivity index (χ0n) is 8.10. The van der Waals surface area contributed by atoms with E-state index < -0.39 is 0 Å². The Balaban J connectivity index is 2.53. The Bertz CT molecular complexity index is 646. The van der Waals surface area contributed by atoms with Crippen molar-refractivity contribution in [3.05, 3.63) is 48.5 Å². The normalized spacial score (nSPS) is 10.9. The van der Waals surface area contributed by atoms with E-state index in [0.717, 1.165) is 27.6 Å². The summed E-state index contributed by atoms with van der Waals surface area (Å²) >= 11 is 0. The molecule has 0 bridgehead atoms. The molecule has 2 nitrogen and oxygen atoms in total. The predicted molar refractivity (Wildman–Crippen MR) is 62.5 cm³/mol. The van der Waals surface area contributed by atoms with Crippen molar-refractivity contribution in [2.45, 2.75) is 0 Å². The second-order valence-electron chi connectivity index (χ2n) is 3.54. The smallest absolute Gasteiger partial charge is 0.362 e. The van der Waals surface area contributed by atoms with Crippen molar-refractivity contribution < 1.29 is 4.42 Å². The molecule has 1 heterocycles. The molecule has 2 aromatic carbocycles. The van der Waals surface area contributed by atoms with E-state index in [2.05, 4.69) is 6.07 Å². The van der Waals surface area contributed by atoms with Crippen LogP contribution in [0.1, 0.15) is 0 Å². The number of para-hydroxylation sites is 1. The van der Waals surface area contributed by atoms with Crippen molar-refractivity contribution in [1.82, 2.24) is 0 Å². The fraction of sp³-hybridized carbons (Fsp3) is 0. The minimum atomic E-state index is 0.752. The maximum absolute atomic E-state index is 5.89. The highest BCUT2D eigenvalue weighted by molar-refractivity contribution is 5.96. The summed E-state index contributed by atoms with van der Waals surface area (Å²) in [7, 11) is 0. The molecule has 0 radical (unpaired) electrons. The van der Waals surface area contributed by atoms with Gasteiger partial charge in [0.25, 0.3) is 0 Å². The number of fused-ring (bicyclic) bond motifs is 2. The van der Waals surface area contributed by atoms with E-state index in [1.807, 2.05) is 42.5 Å². The lowest BCUT2D eigenvalue weighted by Crippen LogP contribution is -1.86. The molecular formula is C13H10NO+. The SMILES string of the molecule is Nc1cccc2[o+]c3ccccc3cc12. The van der Waals surface area contributed by atoms with E-state index >= 15 is 0 Å². The molecule has 0 fully saturated rings. The molecule has 0 aliphatic rings. The first-order chi connectivity index (χ1) is 7.34. The van der Waals surface area contributed by atoms with Crippen LogP contribution in [0.15, 0.2) is 52.9 Å². The van der Waals surface area contributed by atoms with Crippen LogP contribution in [0.3, 0.4) is 0 Å². The highest BCUT2D eigenvalue weighted by atomic mass is 16.3. The molecule has 0 saturated heterocycles. The monoisotopic (exact) mass is 196 g/mol. The van der Waals surface area contributed by atoms with Crippen LogP contribution >= 0.6 is 0 Å². The minimum Gasteiger partial charge on any atom is -0.398 e. The van der Waals surface area contributed by atoms with Gasteiger partial charge in [0.1, 0.15) is 5.39 Å². The zero-order valence-corrected chi connectivity index (χ0v) is 8.10. The molecule has 0 saturated carbocycles. The van der Waals surface area contributed by atoms with Gasteiger partial charge < -0.3 is 5.73 Å². The molecule has 0 aliphatic carbocycles. The molecule has 3 rings (SSSR count). The maximum atomic E-state index is 5.89. The standard InChI is InChI=1S/C13H10NO/c14-11-5-3-7-13-10(11)8-9-4-1-2-6-12(9)15-13/h1-8H,14H2/q+1. The van der Waals surface area contributed by atoms with E-state index in [1.54, 1.807) is 0 Å². The Morgan fingerprint density at radius 2 is 1.67 bits per heavy atom. The van der Waals surface area contributed by atoms with Crippen LogP contribution in [-0.2, 0) is 0 Å². The molecule has 0 unspecified atom stereocenters. The van der Waals surface area contributed by atoms with Crippen molar-refractivity contribution in [3.8, 4) is 0 Å². The average Bonchev–Trinajstić information content (AvgIpc) is 2.27. The van der Waals surface area contributed by atoms with Crippen LogP contribution in [0, 0.1) is 0 Å². The van der Waals surface area contributed by atoms with E-state index in [-0.39, 0.29) is 0 Å². The van der Waals surface area contributed by atoms with Crippen LogP contribution in [0.4, 0.5) is 5.69 Å². The molecule has 0 amide bonds. The average molecular weight is 196 g/mol. The van der Waals surface area contributed by atoms with Gasteiger partial charge in [-0.2, -0.15) is 0 Å². The van der Waals surface area contributed by atoms with Crippen molar-refractivity contribution in [1.29, 1.82) is 0 Å². The lowest BCUT2D eigenvalue weighted by molar-refractivity contribution is 0.661. The molecule has 2 heteroatoms. The van der Waals surface area contributed by atoms with E-state index in [0.29, 0.717) is 0 Å². The molecule has 2 N–H and O–H groups in total. The number of nitrogens with two attached hydrogens (primary N) is 1. The zero-order chi connectivity index (χ0) is 10.3. The Morgan fingerprint density at radius 3 is 2.60 bits per heavy atom. The first kappa shape index (κ1) is 8.24. The van der Waals surface area contributed by atoms with E-state index in [4.69, 9.17) is 10.2 Å². The van der Waals surface area contributed by atoms with Gasteiger partial charge in [0.15, 0.2) is 0 Å². The highest BCUT2D eigenvalue weighted by Gasteiger charge is 2.12. The van der Waals surface area contributed by atoms with Crippen molar-refractivity contribution >= 4 is 27.6 Å². The fourth-order valence-electron chi connectivity index (χ4n) is 1.77. The number of rotatable bonds is 0. The fourth-order valence-corrected chi connectivity index (χ4v) is 1.77. The molecule has 15 heavy (non-hydrogen) atoms. The second-order valence-corrected chi connectivity index (χ2v) is 3.54. The lowest BCUT2D eigenvalue weighted by atomic mass is 10.1. The van der Waals surface area contributed by atoms with Crippen LogP contribution < -0.4 is 5.73 Å². The number of hydrogen-bond donors (Lipinski definition) is 1. The summed E-state index contributed by atoms with van der Waals surface area (Å²) in [5, 5.41) is 2.04.